The van der Waals surface area contributed by atoms with Gasteiger partial charge in [-0.15, -0.1) is 12.6 Å². The Kier molecular flexibility index (Phi) is 1.50. The maximum Gasteiger partial charge on any atom is 0.0740 e. The molecule has 0 aromatic heterocycles. The van der Waals surface area contributed by atoms with Crippen molar-refractivity contribution in [3.63, 3.8) is 0 Å². The molecule has 0 bridgehead atoms. The van der Waals surface area contributed by atoms with Crippen molar-refractivity contribution in [3.8, 4) is 0 Å². The Hall–Kier alpha value is -0.830. The van der Waals surface area contributed by atoms with E-state index < -0.39 is 0 Å². The van der Waals surface area contributed by atoms with Crippen LogP contribution < -0.4 is 9.80 Å². The number of para-hydroxylation sites is 1. The van der Waals surface area contributed by atoms with Crippen LogP contribution in [0.1, 0.15) is 0 Å². The summed E-state index contributed by atoms with van der Waals surface area (Å²) in [7, 11) is 0. The highest BCUT2D eigenvalue weighted by Crippen LogP contribution is 2.40. The lowest BCUT2D eigenvalue weighted by molar-refractivity contribution is 1.26. The average molecular weight is 192 g/mol. The highest BCUT2D eigenvalue weighted by atomic mass is 32.1. The van der Waals surface area contributed by atoms with E-state index in [0.29, 0.717) is 0 Å². The molecule has 0 unspecified atom stereocenters. The summed E-state index contributed by atoms with van der Waals surface area (Å²) in [6.07, 6.45) is 0. The molecule has 2 aliphatic rings. The van der Waals surface area contributed by atoms with Crippen LogP contribution in [0.5, 0.6) is 0 Å². The molecular formula is C10H12N2S. The van der Waals surface area contributed by atoms with Gasteiger partial charge < -0.3 is 9.80 Å². The molecule has 1 aromatic carbocycles. The topological polar surface area (TPSA) is 6.02 Å². The van der Waals surface area contributed by atoms with Crippen molar-refractivity contribution < 1.29 is 0 Å². The Morgan fingerprint density at radius 1 is 1.00 bits per heavy atom. The molecular weight excluding hydrogens is 180 g/mol. The van der Waals surface area contributed by atoms with E-state index in [0.717, 1.165) is 4.90 Å². The molecule has 68 valence electrons. The number of rotatable bonds is 2. The van der Waals surface area contributed by atoms with Crippen LogP contribution in [0.3, 0.4) is 0 Å². The van der Waals surface area contributed by atoms with E-state index in [9.17, 15) is 0 Å². The van der Waals surface area contributed by atoms with Crippen LogP contribution in [0.25, 0.3) is 0 Å². The Balaban J connectivity index is 2.09. The van der Waals surface area contributed by atoms with E-state index in [2.05, 4.69) is 40.6 Å². The summed E-state index contributed by atoms with van der Waals surface area (Å²) < 4.78 is 0. The molecule has 0 N–H and O–H groups in total. The van der Waals surface area contributed by atoms with Gasteiger partial charge in [0, 0.05) is 31.1 Å². The van der Waals surface area contributed by atoms with Crippen molar-refractivity contribution in [2.24, 2.45) is 0 Å². The van der Waals surface area contributed by atoms with Gasteiger partial charge >= 0.3 is 0 Å². The molecule has 2 nitrogen and oxygen atoms in total. The molecule has 2 aliphatic heterocycles. The summed E-state index contributed by atoms with van der Waals surface area (Å²) in [5.41, 5.74) is 2.70. The number of anilines is 2. The van der Waals surface area contributed by atoms with Gasteiger partial charge in [0.25, 0.3) is 0 Å². The van der Waals surface area contributed by atoms with Crippen LogP contribution in [0.15, 0.2) is 23.1 Å². The molecule has 0 atom stereocenters. The molecule has 0 amide bonds. The van der Waals surface area contributed by atoms with E-state index >= 15 is 0 Å². The second-order valence-corrected chi connectivity index (χ2v) is 4.10. The Bertz CT molecular complexity index is 343. The van der Waals surface area contributed by atoms with Crippen molar-refractivity contribution >= 4 is 24.0 Å². The minimum absolute atomic E-state index is 1.11. The fraction of sp³-hybridized carbons (Fsp3) is 0.400. The summed E-state index contributed by atoms with van der Waals surface area (Å²) in [6, 6.07) is 6.35. The number of hydrogen-bond donors (Lipinski definition) is 1. The van der Waals surface area contributed by atoms with Crippen LogP contribution >= 0.6 is 12.6 Å². The van der Waals surface area contributed by atoms with Crippen molar-refractivity contribution in [2.75, 3.05) is 36.0 Å². The molecule has 2 saturated heterocycles. The highest BCUT2D eigenvalue weighted by Gasteiger charge is 2.28. The molecule has 1 aromatic rings. The normalized spacial score (nSPS) is 19.2. The standard InChI is InChI=1S/C10H12N2S/c13-9-3-1-2-8(11-4-5-11)10(9)12-6-7-12/h1-3,13H,4-7H2. The molecule has 13 heavy (non-hydrogen) atoms. The van der Waals surface area contributed by atoms with E-state index in [1.807, 2.05) is 0 Å². The molecule has 0 spiro atoms. The first-order valence-corrected chi connectivity index (χ1v) is 5.13. The Morgan fingerprint density at radius 2 is 1.69 bits per heavy atom. The summed E-state index contributed by atoms with van der Waals surface area (Å²) >= 11 is 4.50. The number of nitrogens with zero attached hydrogens (tertiary/aromatic N) is 2. The number of benzene rings is 1. The Labute approximate surface area is 83.6 Å². The predicted octanol–water partition coefficient (Wildman–Crippen LogP) is 1.62. The molecule has 0 radical (unpaired) electrons. The van der Waals surface area contributed by atoms with E-state index in [4.69, 9.17) is 0 Å². The summed E-state index contributed by atoms with van der Waals surface area (Å²) in [6.45, 7) is 4.80. The van der Waals surface area contributed by atoms with Gasteiger partial charge in [-0.25, -0.2) is 0 Å². The zero-order chi connectivity index (χ0) is 8.84. The minimum atomic E-state index is 1.11. The second-order valence-electron chi connectivity index (χ2n) is 3.62. The second kappa shape index (κ2) is 2.58. The van der Waals surface area contributed by atoms with Gasteiger partial charge in [-0.1, -0.05) is 6.07 Å². The highest BCUT2D eigenvalue weighted by molar-refractivity contribution is 7.80. The third kappa shape index (κ3) is 1.27. The smallest absolute Gasteiger partial charge is 0.0740 e. The zero-order valence-electron chi connectivity index (χ0n) is 7.40. The fourth-order valence-corrected chi connectivity index (χ4v) is 2.01. The largest absolute Gasteiger partial charge is 0.366 e. The van der Waals surface area contributed by atoms with E-state index in [1.54, 1.807) is 0 Å². The van der Waals surface area contributed by atoms with E-state index in [-0.39, 0.29) is 0 Å². The molecule has 0 aliphatic carbocycles. The molecule has 2 fully saturated rings. The lowest BCUT2D eigenvalue weighted by atomic mass is 10.2. The van der Waals surface area contributed by atoms with Crippen molar-refractivity contribution in [1.82, 2.24) is 0 Å². The lowest BCUT2D eigenvalue weighted by Gasteiger charge is -2.13. The quantitative estimate of drug-likeness (QED) is 0.561. The molecule has 3 heteroatoms. The van der Waals surface area contributed by atoms with Gasteiger partial charge in [0.1, 0.15) is 0 Å². The zero-order valence-corrected chi connectivity index (χ0v) is 8.30. The Morgan fingerprint density at radius 3 is 2.31 bits per heavy atom. The third-order valence-corrected chi connectivity index (χ3v) is 2.91. The maximum atomic E-state index is 4.50. The van der Waals surface area contributed by atoms with Crippen LogP contribution in [0.2, 0.25) is 0 Å². The third-order valence-electron chi connectivity index (χ3n) is 2.54. The van der Waals surface area contributed by atoms with Crippen LogP contribution in [0.4, 0.5) is 11.4 Å². The van der Waals surface area contributed by atoms with Crippen LogP contribution in [-0.4, -0.2) is 26.2 Å². The van der Waals surface area contributed by atoms with Crippen molar-refractivity contribution in [2.45, 2.75) is 4.90 Å². The molecule has 2 heterocycles. The van der Waals surface area contributed by atoms with Gasteiger partial charge in [0.2, 0.25) is 0 Å². The monoisotopic (exact) mass is 192 g/mol. The van der Waals surface area contributed by atoms with Gasteiger partial charge in [-0.2, -0.15) is 0 Å². The van der Waals surface area contributed by atoms with E-state index in [1.165, 1.54) is 37.6 Å². The summed E-state index contributed by atoms with van der Waals surface area (Å²) in [5, 5.41) is 0. The number of thiol groups is 1. The molecule has 3 rings (SSSR count). The minimum Gasteiger partial charge on any atom is -0.366 e. The first-order chi connectivity index (χ1) is 6.36. The van der Waals surface area contributed by atoms with Crippen molar-refractivity contribution in [1.29, 1.82) is 0 Å². The van der Waals surface area contributed by atoms with Gasteiger partial charge in [0.15, 0.2) is 0 Å². The first kappa shape index (κ1) is 7.56. The summed E-state index contributed by atoms with van der Waals surface area (Å²) in [5.74, 6) is 0. The molecule has 0 saturated carbocycles. The van der Waals surface area contributed by atoms with Crippen LogP contribution in [0, 0.1) is 0 Å². The first-order valence-electron chi connectivity index (χ1n) is 4.68. The SMILES string of the molecule is Sc1cccc(N2CC2)c1N1CC1. The van der Waals surface area contributed by atoms with Gasteiger partial charge in [0.05, 0.1) is 11.4 Å². The maximum absolute atomic E-state index is 4.50. The van der Waals surface area contributed by atoms with Gasteiger partial charge in [-0.3, -0.25) is 0 Å². The lowest BCUT2D eigenvalue weighted by Crippen LogP contribution is -2.00. The van der Waals surface area contributed by atoms with Crippen molar-refractivity contribution in [3.05, 3.63) is 18.2 Å². The number of hydrogen-bond acceptors (Lipinski definition) is 3. The van der Waals surface area contributed by atoms with Gasteiger partial charge in [-0.05, 0) is 12.1 Å². The summed E-state index contributed by atoms with van der Waals surface area (Å²) in [4.78, 5) is 5.87. The average Bonchev–Trinajstić information content (AvgIpc) is 3.00. The fourth-order valence-electron chi connectivity index (χ4n) is 1.66. The van der Waals surface area contributed by atoms with Crippen LogP contribution in [-0.2, 0) is 0 Å². The predicted molar refractivity (Wildman–Crippen MR) is 58.1 cm³/mol.